The van der Waals surface area contributed by atoms with Gasteiger partial charge >= 0.3 is 0 Å². The smallest absolute Gasteiger partial charge is 0.204 e. The predicted octanol–water partition coefficient (Wildman–Crippen LogP) is 3.17. The van der Waals surface area contributed by atoms with Gasteiger partial charge in [-0.05, 0) is 29.8 Å². The Hall–Kier alpha value is -1.74. The number of rotatable bonds is 3. The van der Waals surface area contributed by atoms with E-state index in [0.717, 1.165) is 0 Å². The molecule has 0 aliphatic rings. The third-order valence-corrected chi connectivity index (χ3v) is 2.49. The maximum absolute atomic E-state index is 12.0. The van der Waals surface area contributed by atoms with Gasteiger partial charge in [-0.15, -0.1) is 0 Å². The fraction of sp³-hybridized carbons (Fsp3) is 0.0833. The van der Waals surface area contributed by atoms with Crippen LogP contribution in [0.1, 0.15) is 15.9 Å². The minimum absolute atomic E-state index is 0.104. The van der Waals surface area contributed by atoms with E-state index >= 15 is 0 Å². The molecule has 1 aromatic carbocycles. The van der Waals surface area contributed by atoms with Crippen LogP contribution >= 0.6 is 11.6 Å². The van der Waals surface area contributed by atoms with Crippen LogP contribution in [0.25, 0.3) is 0 Å². The topological polar surface area (TPSA) is 39.4 Å². The molecule has 0 spiro atoms. The molecule has 0 atom stereocenters. The third kappa shape index (κ3) is 1.95. The van der Waals surface area contributed by atoms with Crippen molar-refractivity contribution >= 4 is 17.4 Å². The molecule has 0 aliphatic carbocycles. The highest BCUT2D eigenvalue weighted by Gasteiger charge is 2.15. The molecule has 2 aromatic rings. The number of carbonyl (C=O) groups excluding carboxylic acids is 1. The zero-order valence-corrected chi connectivity index (χ0v) is 9.32. The van der Waals surface area contributed by atoms with Crippen LogP contribution in [0.5, 0.6) is 5.75 Å². The van der Waals surface area contributed by atoms with Crippen LogP contribution in [0.15, 0.2) is 41.0 Å². The first-order chi connectivity index (χ1) is 7.72. The molecule has 1 aromatic heterocycles. The van der Waals surface area contributed by atoms with E-state index in [4.69, 9.17) is 20.8 Å². The molecule has 0 unspecified atom stereocenters. The first-order valence-electron chi connectivity index (χ1n) is 4.64. The average Bonchev–Trinajstić information content (AvgIpc) is 2.74. The van der Waals surface area contributed by atoms with Crippen molar-refractivity contribution in [3.8, 4) is 5.75 Å². The van der Waals surface area contributed by atoms with Gasteiger partial charge in [0.25, 0.3) is 0 Å². The van der Waals surface area contributed by atoms with Gasteiger partial charge in [0.15, 0.2) is 5.78 Å². The molecule has 0 saturated carbocycles. The lowest BCUT2D eigenvalue weighted by Gasteiger charge is -2.02. The summed E-state index contributed by atoms with van der Waals surface area (Å²) < 4.78 is 9.92. The average molecular weight is 237 g/mol. The predicted molar refractivity (Wildman–Crippen MR) is 60.1 cm³/mol. The lowest BCUT2D eigenvalue weighted by molar-refractivity contribution is 0.103. The maximum atomic E-state index is 12.0. The summed E-state index contributed by atoms with van der Waals surface area (Å²) in [6, 6.07) is 8.43. The molecule has 1 heterocycles. The van der Waals surface area contributed by atoms with Crippen LogP contribution in [0, 0.1) is 0 Å². The Balaban J connectivity index is 2.38. The Bertz CT molecular complexity index is 516. The van der Waals surface area contributed by atoms with Crippen molar-refractivity contribution in [2.24, 2.45) is 0 Å². The molecule has 0 fully saturated rings. The molecule has 0 amide bonds. The molecule has 16 heavy (non-hydrogen) atoms. The number of methoxy groups -OCH3 is 1. The second kappa shape index (κ2) is 4.41. The number of furan rings is 1. The van der Waals surface area contributed by atoms with E-state index in [-0.39, 0.29) is 11.0 Å². The van der Waals surface area contributed by atoms with E-state index in [1.165, 1.54) is 6.26 Å². The molecule has 0 N–H and O–H groups in total. The number of ketones is 1. The monoisotopic (exact) mass is 236 g/mol. The summed E-state index contributed by atoms with van der Waals surface area (Å²) >= 11 is 5.74. The summed E-state index contributed by atoms with van der Waals surface area (Å²) in [6.07, 6.45) is 1.38. The molecule has 0 radical (unpaired) electrons. The van der Waals surface area contributed by atoms with Crippen LogP contribution in [-0.4, -0.2) is 12.9 Å². The lowest BCUT2D eigenvalue weighted by Crippen LogP contribution is -2.00. The summed E-state index contributed by atoms with van der Waals surface area (Å²) in [4.78, 5) is 12.0. The minimum atomic E-state index is -0.183. The highest BCUT2D eigenvalue weighted by Crippen LogP contribution is 2.22. The fourth-order valence-corrected chi connectivity index (χ4v) is 1.58. The van der Waals surface area contributed by atoms with Crippen molar-refractivity contribution in [3.05, 3.63) is 52.9 Å². The van der Waals surface area contributed by atoms with E-state index in [2.05, 4.69) is 0 Å². The molecule has 3 nitrogen and oxygen atoms in total. The van der Waals surface area contributed by atoms with E-state index < -0.39 is 0 Å². The maximum Gasteiger partial charge on any atom is 0.204 e. The standard InChI is InChI=1S/C12H9ClO3/c1-15-9-4-2-3-8(7-9)11(14)10-5-6-16-12(10)13/h2-7H,1H3. The Morgan fingerprint density at radius 3 is 2.81 bits per heavy atom. The van der Waals surface area contributed by atoms with Crippen molar-refractivity contribution < 1.29 is 13.9 Å². The van der Waals surface area contributed by atoms with E-state index in [1.807, 2.05) is 0 Å². The SMILES string of the molecule is COc1cccc(C(=O)c2ccoc2Cl)c1. The van der Waals surface area contributed by atoms with Gasteiger partial charge in [-0.1, -0.05) is 12.1 Å². The molecule has 2 rings (SSSR count). The third-order valence-electron chi connectivity index (χ3n) is 2.19. The first-order valence-corrected chi connectivity index (χ1v) is 5.02. The summed E-state index contributed by atoms with van der Waals surface area (Å²) in [6.45, 7) is 0. The molecular weight excluding hydrogens is 228 g/mol. The van der Waals surface area contributed by atoms with Crippen molar-refractivity contribution in [3.63, 3.8) is 0 Å². The van der Waals surface area contributed by atoms with Crippen LogP contribution in [-0.2, 0) is 0 Å². The minimum Gasteiger partial charge on any atom is -0.497 e. The number of carbonyl (C=O) groups is 1. The van der Waals surface area contributed by atoms with E-state index in [1.54, 1.807) is 37.4 Å². The van der Waals surface area contributed by atoms with Gasteiger partial charge in [0, 0.05) is 5.56 Å². The Morgan fingerprint density at radius 1 is 1.38 bits per heavy atom. The number of ether oxygens (including phenoxy) is 1. The first kappa shape index (κ1) is 10.8. The van der Waals surface area contributed by atoms with Gasteiger partial charge in [0.1, 0.15) is 5.75 Å². The lowest BCUT2D eigenvalue weighted by atomic mass is 10.1. The Kier molecular flexibility index (Phi) is 2.97. The van der Waals surface area contributed by atoms with E-state index in [9.17, 15) is 4.79 Å². The largest absolute Gasteiger partial charge is 0.497 e. The summed E-state index contributed by atoms with van der Waals surface area (Å²) in [5.74, 6) is 0.447. The van der Waals surface area contributed by atoms with Crippen LogP contribution in [0.2, 0.25) is 5.22 Å². The Morgan fingerprint density at radius 2 is 2.19 bits per heavy atom. The van der Waals surface area contributed by atoms with Gasteiger partial charge in [0.05, 0.1) is 18.9 Å². The van der Waals surface area contributed by atoms with Crippen LogP contribution < -0.4 is 4.74 Å². The Labute approximate surface area is 97.6 Å². The second-order valence-electron chi connectivity index (χ2n) is 3.17. The number of benzene rings is 1. The number of halogens is 1. The molecule has 82 valence electrons. The van der Waals surface area contributed by atoms with Crippen molar-refractivity contribution in [1.29, 1.82) is 0 Å². The van der Waals surface area contributed by atoms with Gasteiger partial charge in [-0.3, -0.25) is 4.79 Å². The summed E-state index contributed by atoms with van der Waals surface area (Å²) in [7, 11) is 1.55. The van der Waals surface area contributed by atoms with Crippen molar-refractivity contribution in [2.75, 3.05) is 7.11 Å². The zero-order chi connectivity index (χ0) is 11.5. The van der Waals surface area contributed by atoms with E-state index in [0.29, 0.717) is 16.9 Å². The highest BCUT2D eigenvalue weighted by atomic mass is 35.5. The fourth-order valence-electron chi connectivity index (χ4n) is 1.38. The van der Waals surface area contributed by atoms with Crippen molar-refractivity contribution in [2.45, 2.75) is 0 Å². The summed E-state index contributed by atoms with van der Waals surface area (Å²) in [5, 5.41) is 0.104. The van der Waals surface area contributed by atoms with Gasteiger partial charge in [-0.25, -0.2) is 0 Å². The zero-order valence-electron chi connectivity index (χ0n) is 8.57. The number of hydrogen-bond acceptors (Lipinski definition) is 3. The van der Waals surface area contributed by atoms with Crippen LogP contribution in [0.4, 0.5) is 0 Å². The molecule has 0 bridgehead atoms. The highest BCUT2D eigenvalue weighted by molar-refractivity contribution is 6.33. The van der Waals surface area contributed by atoms with Gasteiger partial charge in [0.2, 0.25) is 5.22 Å². The molecule has 4 heteroatoms. The van der Waals surface area contributed by atoms with Gasteiger partial charge in [-0.2, -0.15) is 0 Å². The molecule has 0 saturated heterocycles. The quantitative estimate of drug-likeness (QED) is 0.769. The molecular formula is C12H9ClO3. The molecule has 0 aliphatic heterocycles. The number of hydrogen-bond donors (Lipinski definition) is 0. The van der Waals surface area contributed by atoms with Crippen molar-refractivity contribution in [1.82, 2.24) is 0 Å². The van der Waals surface area contributed by atoms with Gasteiger partial charge < -0.3 is 9.15 Å². The normalized spacial score (nSPS) is 10.1. The van der Waals surface area contributed by atoms with Crippen LogP contribution in [0.3, 0.4) is 0 Å². The summed E-state index contributed by atoms with van der Waals surface area (Å²) in [5.41, 5.74) is 0.873. The second-order valence-corrected chi connectivity index (χ2v) is 3.51.